The van der Waals surface area contributed by atoms with E-state index in [4.69, 9.17) is 23.2 Å². The molecule has 1 aromatic heterocycles. The van der Waals surface area contributed by atoms with E-state index in [0.717, 1.165) is 0 Å². The molecule has 3 aromatic rings. The third-order valence-electron chi connectivity index (χ3n) is 3.34. The third kappa shape index (κ3) is 3.93. The van der Waals surface area contributed by atoms with Crippen molar-refractivity contribution < 1.29 is 9.72 Å². The van der Waals surface area contributed by atoms with Crippen LogP contribution in [0.25, 0.3) is 11.3 Å². The molecular weight excluding hydrogens is 399 g/mol. The molecule has 0 spiro atoms. The van der Waals surface area contributed by atoms with Crippen molar-refractivity contribution in [3.8, 4) is 11.3 Å². The number of carbonyl (C=O) groups is 1. The number of nitrogens with one attached hydrogen (secondary N) is 2. The van der Waals surface area contributed by atoms with Gasteiger partial charge in [-0.05, 0) is 18.2 Å². The van der Waals surface area contributed by atoms with Crippen LogP contribution in [0.4, 0.5) is 10.8 Å². The standard InChI is InChI=1S/C16H10Cl2N4O3S/c17-11-4-2-1-3-10(11)15(23)20-21-16-19-13(8-26-16)9-5-6-12(18)14(7-9)22(24)25/h1-8H,(H,19,21)(H,20,23). The van der Waals surface area contributed by atoms with Gasteiger partial charge in [0, 0.05) is 17.0 Å². The number of nitro benzene ring substituents is 1. The molecule has 132 valence electrons. The molecule has 0 saturated carbocycles. The average Bonchev–Trinajstić information content (AvgIpc) is 3.09. The lowest BCUT2D eigenvalue weighted by atomic mass is 10.1. The van der Waals surface area contributed by atoms with E-state index in [-0.39, 0.29) is 10.7 Å². The van der Waals surface area contributed by atoms with E-state index < -0.39 is 10.8 Å². The van der Waals surface area contributed by atoms with Crippen molar-refractivity contribution >= 4 is 51.3 Å². The second-order valence-electron chi connectivity index (χ2n) is 5.02. The van der Waals surface area contributed by atoms with Gasteiger partial charge in [-0.1, -0.05) is 41.4 Å². The van der Waals surface area contributed by atoms with Crippen LogP contribution in [0.15, 0.2) is 47.8 Å². The zero-order valence-electron chi connectivity index (χ0n) is 12.9. The van der Waals surface area contributed by atoms with Gasteiger partial charge in [0.1, 0.15) is 5.02 Å². The molecule has 0 radical (unpaired) electrons. The van der Waals surface area contributed by atoms with Crippen molar-refractivity contribution in [1.29, 1.82) is 0 Å². The Labute approximate surface area is 161 Å². The maximum atomic E-state index is 12.1. The van der Waals surface area contributed by atoms with Crippen LogP contribution in [0.5, 0.6) is 0 Å². The van der Waals surface area contributed by atoms with Crippen LogP contribution in [0, 0.1) is 10.1 Å². The first-order valence-electron chi connectivity index (χ1n) is 7.16. The Morgan fingerprint density at radius 3 is 2.65 bits per heavy atom. The summed E-state index contributed by atoms with van der Waals surface area (Å²) in [5.74, 6) is -0.408. The highest BCUT2D eigenvalue weighted by Crippen LogP contribution is 2.31. The number of thiazole rings is 1. The molecule has 10 heteroatoms. The van der Waals surface area contributed by atoms with Gasteiger partial charge in [-0.2, -0.15) is 0 Å². The minimum absolute atomic E-state index is 0.0549. The van der Waals surface area contributed by atoms with Gasteiger partial charge in [-0.3, -0.25) is 25.8 Å². The van der Waals surface area contributed by atoms with E-state index in [0.29, 0.717) is 27.0 Å². The number of aromatic nitrogens is 1. The summed E-state index contributed by atoms with van der Waals surface area (Å²) in [5, 5.41) is 13.5. The molecule has 2 aromatic carbocycles. The molecule has 0 fully saturated rings. The van der Waals surface area contributed by atoms with E-state index in [9.17, 15) is 14.9 Å². The van der Waals surface area contributed by atoms with Crippen LogP contribution in [-0.2, 0) is 0 Å². The zero-order chi connectivity index (χ0) is 18.7. The third-order valence-corrected chi connectivity index (χ3v) is 4.75. The largest absolute Gasteiger partial charge is 0.288 e. The van der Waals surface area contributed by atoms with Crippen molar-refractivity contribution in [2.45, 2.75) is 0 Å². The topological polar surface area (TPSA) is 97.2 Å². The fraction of sp³-hybridized carbons (Fsp3) is 0. The van der Waals surface area contributed by atoms with Gasteiger partial charge in [0.25, 0.3) is 11.6 Å². The highest BCUT2D eigenvalue weighted by atomic mass is 35.5. The van der Waals surface area contributed by atoms with Crippen LogP contribution in [0.3, 0.4) is 0 Å². The second kappa shape index (κ2) is 7.69. The number of hydrogen-bond acceptors (Lipinski definition) is 6. The number of benzene rings is 2. The first-order chi connectivity index (χ1) is 12.5. The van der Waals surface area contributed by atoms with Gasteiger partial charge in [-0.15, -0.1) is 11.3 Å². The summed E-state index contributed by atoms with van der Waals surface area (Å²) in [6, 6.07) is 11.1. The van der Waals surface area contributed by atoms with Crippen LogP contribution < -0.4 is 10.9 Å². The van der Waals surface area contributed by atoms with Gasteiger partial charge in [0.05, 0.1) is 21.2 Å². The van der Waals surface area contributed by atoms with Crippen molar-refractivity contribution in [2.24, 2.45) is 0 Å². The van der Waals surface area contributed by atoms with Gasteiger partial charge >= 0.3 is 0 Å². The number of amides is 1. The molecule has 0 aliphatic heterocycles. The van der Waals surface area contributed by atoms with Gasteiger partial charge < -0.3 is 0 Å². The summed E-state index contributed by atoms with van der Waals surface area (Å²) >= 11 is 13.0. The molecular formula is C16H10Cl2N4O3S. The molecule has 0 aliphatic carbocycles. The quantitative estimate of drug-likeness (QED) is 0.467. The number of carbonyl (C=O) groups excluding carboxylic acids is 1. The van der Waals surface area contributed by atoms with Gasteiger partial charge in [0.15, 0.2) is 0 Å². The van der Waals surface area contributed by atoms with Crippen molar-refractivity contribution in [1.82, 2.24) is 10.4 Å². The Bertz CT molecular complexity index is 993. The van der Waals surface area contributed by atoms with Gasteiger partial charge in [0.2, 0.25) is 5.13 Å². The normalized spacial score (nSPS) is 10.4. The van der Waals surface area contributed by atoms with Crippen molar-refractivity contribution in [2.75, 3.05) is 5.43 Å². The molecule has 0 unspecified atom stereocenters. The first-order valence-corrected chi connectivity index (χ1v) is 8.80. The molecule has 0 bridgehead atoms. The van der Waals surface area contributed by atoms with Crippen LogP contribution in [-0.4, -0.2) is 15.8 Å². The van der Waals surface area contributed by atoms with Crippen LogP contribution >= 0.6 is 34.5 Å². The summed E-state index contributed by atoms with van der Waals surface area (Å²) in [6.45, 7) is 0. The lowest BCUT2D eigenvalue weighted by Gasteiger charge is -2.06. The molecule has 0 atom stereocenters. The lowest BCUT2D eigenvalue weighted by molar-refractivity contribution is -0.384. The number of rotatable bonds is 5. The van der Waals surface area contributed by atoms with E-state index >= 15 is 0 Å². The van der Waals surface area contributed by atoms with E-state index in [2.05, 4.69) is 15.8 Å². The van der Waals surface area contributed by atoms with E-state index in [1.165, 1.54) is 23.5 Å². The summed E-state index contributed by atoms with van der Waals surface area (Å²) in [4.78, 5) is 26.8. The maximum Gasteiger partial charge on any atom is 0.288 e. The lowest BCUT2D eigenvalue weighted by Crippen LogP contribution is -2.29. The Hall–Kier alpha value is -2.68. The Balaban J connectivity index is 1.73. The summed E-state index contributed by atoms with van der Waals surface area (Å²) in [7, 11) is 0. The second-order valence-corrected chi connectivity index (χ2v) is 6.69. The highest BCUT2D eigenvalue weighted by molar-refractivity contribution is 7.14. The van der Waals surface area contributed by atoms with E-state index in [1.807, 2.05) is 0 Å². The number of hydrazine groups is 1. The zero-order valence-corrected chi connectivity index (χ0v) is 15.2. The highest BCUT2D eigenvalue weighted by Gasteiger charge is 2.15. The molecule has 0 aliphatic rings. The Morgan fingerprint density at radius 2 is 1.92 bits per heavy atom. The summed E-state index contributed by atoms with van der Waals surface area (Å²) in [6.07, 6.45) is 0. The minimum Gasteiger partial charge on any atom is -0.273 e. The molecule has 7 nitrogen and oxygen atoms in total. The van der Waals surface area contributed by atoms with Crippen LogP contribution in [0.1, 0.15) is 10.4 Å². The number of nitrogens with zero attached hydrogens (tertiary/aromatic N) is 2. The monoisotopic (exact) mass is 408 g/mol. The number of halogens is 2. The Morgan fingerprint density at radius 1 is 1.15 bits per heavy atom. The Kier molecular flexibility index (Phi) is 5.36. The maximum absolute atomic E-state index is 12.1. The minimum atomic E-state index is -0.554. The molecule has 1 amide bonds. The number of hydrogen-bond donors (Lipinski definition) is 2. The molecule has 0 saturated heterocycles. The summed E-state index contributed by atoms with van der Waals surface area (Å²) < 4.78 is 0. The molecule has 26 heavy (non-hydrogen) atoms. The van der Waals surface area contributed by atoms with Crippen molar-refractivity contribution in [3.63, 3.8) is 0 Å². The fourth-order valence-corrected chi connectivity index (χ4v) is 3.18. The molecule has 3 rings (SSSR count). The smallest absolute Gasteiger partial charge is 0.273 e. The number of nitro groups is 1. The SMILES string of the molecule is O=C(NNc1nc(-c2ccc(Cl)c([N+](=O)[O-])c2)cs1)c1ccccc1Cl. The van der Waals surface area contributed by atoms with Gasteiger partial charge in [-0.25, -0.2) is 4.98 Å². The van der Waals surface area contributed by atoms with Crippen molar-refractivity contribution in [3.05, 3.63) is 73.6 Å². The summed E-state index contributed by atoms with van der Waals surface area (Å²) in [5.41, 5.74) is 6.40. The first kappa shape index (κ1) is 18.1. The van der Waals surface area contributed by atoms with Crippen LogP contribution in [0.2, 0.25) is 10.0 Å². The average molecular weight is 409 g/mol. The predicted octanol–water partition coefficient (Wildman–Crippen LogP) is 4.78. The number of anilines is 1. The fourth-order valence-electron chi connectivity index (χ4n) is 2.10. The van der Waals surface area contributed by atoms with E-state index in [1.54, 1.807) is 35.7 Å². The predicted molar refractivity (Wildman–Crippen MR) is 102 cm³/mol. The molecule has 2 N–H and O–H groups in total. The molecule has 1 heterocycles.